The van der Waals surface area contributed by atoms with Gasteiger partial charge in [0.15, 0.2) is 0 Å². The van der Waals surface area contributed by atoms with Crippen molar-refractivity contribution in [1.29, 1.82) is 0 Å². The summed E-state index contributed by atoms with van der Waals surface area (Å²) in [5.74, 6) is -1.08. The van der Waals surface area contributed by atoms with E-state index < -0.39 is 27.9 Å². The van der Waals surface area contributed by atoms with Gasteiger partial charge in [0, 0.05) is 51.2 Å². The highest BCUT2D eigenvalue weighted by Crippen LogP contribution is 2.28. The Morgan fingerprint density at radius 3 is 2.62 bits per heavy atom. The van der Waals surface area contributed by atoms with E-state index in [0.29, 0.717) is 6.54 Å². The number of benzene rings is 2. The van der Waals surface area contributed by atoms with E-state index in [0.717, 1.165) is 17.7 Å². The molecule has 0 fully saturated rings. The Balaban J connectivity index is 1.65. The van der Waals surface area contributed by atoms with Crippen LogP contribution in [-0.2, 0) is 26.0 Å². The number of nitrogens with one attached hydrogen (secondary N) is 1. The zero-order chi connectivity index (χ0) is 30.4. The number of methoxy groups -OCH3 is 1. The molecule has 1 aliphatic rings. The molecule has 224 valence electrons. The highest BCUT2D eigenvalue weighted by atomic mass is 32.2. The summed E-state index contributed by atoms with van der Waals surface area (Å²) in [6, 6.07) is 12.3. The number of amides is 2. The van der Waals surface area contributed by atoms with Gasteiger partial charge >= 0.3 is 0 Å². The molecule has 0 bridgehead atoms. The van der Waals surface area contributed by atoms with E-state index in [-0.39, 0.29) is 59.3 Å². The van der Waals surface area contributed by atoms with Gasteiger partial charge in [-0.2, -0.15) is 0 Å². The number of ether oxygens (including phenoxy) is 2. The van der Waals surface area contributed by atoms with Crippen molar-refractivity contribution in [2.24, 2.45) is 5.92 Å². The van der Waals surface area contributed by atoms with Crippen LogP contribution in [0.15, 0.2) is 71.9 Å². The molecule has 3 atom stereocenters. The summed E-state index contributed by atoms with van der Waals surface area (Å²) in [5, 5.41) is 0. The Kier molecular flexibility index (Phi) is 9.79. The molecule has 0 unspecified atom stereocenters. The number of fused-ring (bicyclic) bond motifs is 1. The summed E-state index contributed by atoms with van der Waals surface area (Å²) in [7, 11) is -0.948. The summed E-state index contributed by atoms with van der Waals surface area (Å²) in [5.41, 5.74) is 1.02. The van der Waals surface area contributed by atoms with E-state index in [1.807, 2.05) is 19.9 Å². The van der Waals surface area contributed by atoms with Gasteiger partial charge in [-0.05, 0) is 55.0 Å². The fraction of sp³-hybridized carbons (Fsp3) is 0.367. The van der Waals surface area contributed by atoms with E-state index in [4.69, 9.17) is 9.47 Å². The number of halogens is 1. The first-order valence-electron chi connectivity index (χ1n) is 13.5. The van der Waals surface area contributed by atoms with Crippen LogP contribution in [-0.4, -0.2) is 81.0 Å². The molecule has 2 amide bonds. The van der Waals surface area contributed by atoms with Crippen LogP contribution in [0, 0.1) is 11.7 Å². The number of likely N-dealkylation sites (N-methyl/N-ethyl adjacent to an activating group) is 1. The van der Waals surface area contributed by atoms with Crippen LogP contribution in [0.5, 0.6) is 5.75 Å². The average Bonchev–Trinajstić information content (AvgIpc) is 2.97. The van der Waals surface area contributed by atoms with Gasteiger partial charge in [-0.15, -0.1) is 0 Å². The van der Waals surface area contributed by atoms with Crippen LogP contribution in [0.3, 0.4) is 0 Å². The fourth-order valence-corrected chi connectivity index (χ4v) is 5.90. The van der Waals surface area contributed by atoms with Crippen molar-refractivity contribution in [3.05, 3.63) is 83.9 Å². The third-order valence-corrected chi connectivity index (χ3v) is 8.58. The Morgan fingerprint density at radius 1 is 1.14 bits per heavy atom. The van der Waals surface area contributed by atoms with Gasteiger partial charge in [-0.3, -0.25) is 19.3 Å². The molecular weight excluding hydrogens is 563 g/mol. The fourth-order valence-electron chi connectivity index (χ4n) is 4.81. The number of rotatable bonds is 6. The van der Waals surface area contributed by atoms with Gasteiger partial charge in [0.2, 0.25) is 5.91 Å². The van der Waals surface area contributed by atoms with Crippen molar-refractivity contribution in [2.75, 3.05) is 38.6 Å². The second-order valence-corrected chi connectivity index (χ2v) is 12.1. The molecule has 0 aliphatic carbocycles. The van der Waals surface area contributed by atoms with Crippen LogP contribution in [0.1, 0.15) is 29.8 Å². The largest absolute Gasteiger partial charge is 0.491 e. The maximum atomic E-state index is 13.7. The monoisotopic (exact) mass is 598 g/mol. The van der Waals surface area contributed by atoms with E-state index >= 15 is 0 Å². The quantitative estimate of drug-likeness (QED) is 0.461. The van der Waals surface area contributed by atoms with Gasteiger partial charge in [-0.1, -0.05) is 19.1 Å². The molecule has 12 heteroatoms. The zero-order valence-corrected chi connectivity index (χ0v) is 24.8. The van der Waals surface area contributed by atoms with E-state index in [2.05, 4.69) is 9.71 Å². The number of carbonyl (C=O) groups is 2. The normalized spacial score (nSPS) is 20.1. The molecule has 0 spiro atoms. The van der Waals surface area contributed by atoms with E-state index in [1.54, 1.807) is 37.5 Å². The number of hydrogen-bond donors (Lipinski definition) is 1. The van der Waals surface area contributed by atoms with Crippen molar-refractivity contribution in [3.8, 4) is 5.75 Å². The first-order chi connectivity index (χ1) is 20.0. The van der Waals surface area contributed by atoms with E-state index in [9.17, 15) is 22.4 Å². The van der Waals surface area contributed by atoms with E-state index in [1.165, 1.54) is 35.2 Å². The third kappa shape index (κ3) is 7.42. The van der Waals surface area contributed by atoms with Crippen molar-refractivity contribution in [1.82, 2.24) is 14.8 Å². The van der Waals surface area contributed by atoms with Crippen molar-refractivity contribution < 1.29 is 31.9 Å². The lowest BCUT2D eigenvalue weighted by atomic mass is 10.0. The summed E-state index contributed by atoms with van der Waals surface area (Å²) in [4.78, 5) is 34.2. The standard InChI is InChI=1S/C30H35FN4O6S/c1-20-17-35(29(36)13-22-7-6-12-32-16-22)21(2)19-41-27-11-10-24(15-26(27)30(37)34(3)18-28(20)40-4)33-42(38,39)25-9-5-8-23(31)14-25/h5-12,14-16,20-21,28,33H,13,17-19H2,1-4H3/t20-,21+,28+/m1/s1. The predicted molar refractivity (Wildman–Crippen MR) is 155 cm³/mol. The molecule has 1 aromatic heterocycles. The summed E-state index contributed by atoms with van der Waals surface area (Å²) in [6.07, 6.45) is 3.09. The number of aromatic nitrogens is 1. The molecule has 42 heavy (non-hydrogen) atoms. The molecule has 3 aromatic rings. The van der Waals surface area contributed by atoms with Gasteiger partial charge in [0.05, 0.1) is 29.0 Å². The van der Waals surface area contributed by atoms with Gasteiger partial charge in [-0.25, -0.2) is 12.8 Å². The van der Waals surface area contributed by atoms with Crippen molar-refractivity contribution in [2.45, 2.75) is 37.3 Å². The lowest BCUT2D eigenvalue weighted by Crippen LogP contribution is -2.49. The number of nitrogens with zero attached hydrogens (tertiary/aromatic N) is 3. The number of carbonyl (C=O) groups excluding carboxylic acids is 2. The Hall–Kier alpha value is -4.03. The van der Waals surface area contributed by atoms with Gasteiger partial charge < -0.3 is 19.3 Å². The van der Waals surface area contributed by atoms with Crippen LogP contribution in [0.25, 0.3) is 0 Å². The van der Waals surface area contributed by atoms with Gasteiger partial charge in [0.1, 0.15) is 18.2 Å². The predicted octanol–water partition coefficient (Wildman–Crippen LogP) is 3.60. The molecule has 1 aliphatic heterocycles. The second-order valence-electron chi connectivity index (χ2n) is 10.5. The van der Waals surface area contributed by atoms with Crippen LogP contribution < -0.4 is 9.46 Å². The first kappa shape index (κ1) is 30.9. The van der Waals surface area contributed by atoms with Crippen LogP contribution in [0.4, 0.5) is 10.1 Å². The first-order valence-corrected chi connectivity index (χ1v) is 15.0. The number of anilines is 1. The minimum absolute atomic E-state index is 0.0848. The van der Waals surface area contributed by atoms with Crippen molar-refractivity contribution >= 4 is 27.5 Å². The third-order valence-electron chi connectivity index (χ3n) is 7.20. The molecular formula is C30H35FN4O6S. The molecule has 0 radical (unpaired) electrons. The summed E-state index contributed by atoms with van der Waals surface area (Å²) >= 11 is 0. The summed E-state index contributed by atoms with van der Waals surface area (Å²) in [6.45, 7) is 4.52. The van der Waals surface area contributed by atoms with Crippen molar-refractivity contribution in [3.63, 3.8) is 0 Å². The Labute approximate surface area is 245 Å². The minimum atomic E-state index is -4.13. The van der Waals surface area contributed by atoms with Gasteiger partial charge in [0.25, 0.3) is 15.9 Å². The van der Waals surface area contributed by atoms with Crippen LogP contribution >= 0.6 is 0 Å². The number of hydrogen-bond acceptors (Lipinski definition) is 7. The molecule has 10 nitrogen and oxygen atoms in total. The zero-order valence-electron chi connectivity index (χ0n) is 24.0. The molecule has 1 N–H and O–H groups in total. The molecule has 2 heterocycles. The maximum Gasteiger partial charge on any atom is 0.261 e. The minimum Gasteiger partial charge on any atom is -0.491 e. The van der Waals surface area contributed by atoms with Crippen LogP contribution in [0.2, 0.25) is 0 Å². The molecule has 4 rings (SSSR count). The lowest BCUT2D eigenvalue weighted by Gasteiger charge is -2.36. The summed E-state index contributed by atoms with van der Waals surface area (Å²) < 4.78 is 53.7. The highest BCUT2D eigenvalue weighted by Gasteiger charge is 2.30. The maximum absolute atomic E-state index is 13.7. The average molecular weight is 599 g/mol. The smallest absolute Gasteiger partial charge is 0.261 e. The topological polar surface area (TPSA) is 118 Å². The lowest BCUT2D eigenvalue weighted by molar-refractivity contribution is -0.134. The molecule has 0 saturated heterocycles. The Bertz CT molecular complexity index is 1520. The highest BCUT2D eigenvalue weighted by molar-refractivity contribution is 7.92. The molecule has 0 saturated carbocycles. The SMILES string of the molecule is CO[C@H]1CN(C)C(=O)c2cc(NS(=O)(=O)c3cccc(F)c3)ccc2OC[C@H](C)N(C(=O)Cc2cccnc2)C[C@H]1C. The number of sulfonamides is 1. The Morgan fingerprint density at radius 2 is 1.93 bits per heavy atom. The number of pyridine rings is 1. The second kappa shape index (κ2) is 13.3. The molecule has 2 aromatic carbocycles.